The molecule has 0 saturated carbocycles. The second kappa shape index (κ2) is 13.3. The van der Waals surface area contributed by atoms with E-state index in [1.54, 1.807) is 0 Å². The van der Waals surface area contributed by atoms with Crippen LogP contribution in [0.2, 0.25) is 0 Å². The van der Waals surface area contributed by atoms with Gasteiger partial charge in [-0.3, -0.25) is 24.4 Å². The van der Waals surface area contributed by atoms with E-state index in [1.807, 2.05) is 11.8 Å². The minimum Gasteiger partial charge on any atom is -0.481 e. The molecule has 0 aromatic heterocycles. The number of amides is 5. The van der Waals surface area contributed by atoms with E-state index < -0.39 is 17.8 Å². The summed E-state index contributed by atoms with van der Waals surface area (Å²) in [5.41, 5.74) is 0. The first kappa shape index (κ1) is 25.9. The number of hydrogen-bond donors (Lipinski definition) is 5. The second-order valence-corrected chi connectivity index (χ2v) is 9.29. The lowest BCUT2D eigenvalue weighted by atomic mass is 10.0. The molecule has 0 aromatic rings. The number of nitrogens with one attached hydrogen (secondary N) is 3. The van der Waals surface area contributed by atoms with Crippen LogP contribution >= 0.6 is 11.8 Å². The maximum atomic E-state index is 11.7. The number of urea groups is 1. The molecule has 0 aromatic carbocycles. The Balaban J connectivity index is 0.000000380. The lowest BCUT2D eigenvalue weighted by molar-refractivity contribution is -0.171. The minimum atomic E-state index is -0.765. The van der Waals surface area contributed by atoms with Gasteiger partial charge in [-0.1, -0.05) is 12.8 Å². The van der Waals surface area contributed by atoms with E-state index in [-0.39, 0.29) is 48.3 Å². The van der Waals surface area contributed by atoms with Crippen molar-refractivity contribution < 1.29 is 34.3 Å². The fourth-order valence-electron chi connectivity index (χ4n) is 3.73. The third-order valence-electron chi connectivity index (χ3n) is 5.50. The van der Waals surface area contributed by atoms with Crippen molar-refractivity contribution in [3.8, 4) is 0 Å². The largest absolute Gasteiger partial charge is 0.481 e. The number of rotatable bonds is 11. The number of nitrogens with zero attached hydrogens (tertiary/aromatic N) is 1. The molecule has 3 saturated heterocycles. The number of aliphatic carboxylic acids is 1. The fraction of sp³-hybridized carbons (Fsp3) is 0.750. The topological polar surface area (TPSA) is 165 Å². The molecule has 3 heterocycles. The zero-order chi connectivity index (χ0) is 23.5. The molecule has 0 unspecified atom stereocenters. The maximum Gasteiger partial charge on any atom is 0.315 e. The van der Waals surface area contributed by atoms with Crippen LogP contribution in [0.4, 0.5) is 4.79 Å². The number of carboxylic acid groups (broad SMARTS) is 1. The van der Waals surface area contributed by atoms with E-state index in [0.29, 0.717) is 24.6 Å². The van der Waals surface area contributed by atoms with Crippen molar-refractivity contribution in [1.29, 1.82) is 0 Å². The smallest absolute Gasteiger partial charge is 0.315 e. The molecule has 0 aliphatic carbocycles. The van der Waals surface area contributed by atoms with Gasteiger partial charge < -0.3 is 21.1 Å². The summed E-state index contributed by atoms with van der Waals surface area (Å²) in [4.78, 5) is 53.9. The van der Waals surface area contributed by atoms with Crippen LogP contribution in [0.15, 0.2) is 0 Å². The van der Waals surface area contributed by atoms with Crippen molar-refractivity contribution in [2.75, 3.05) is 12.3 Å². The van der Waals surface area contributed by atoms with Crippen molar-refractivity contribution in [1.82, 2.24) is 21.0 Å². The first-order valence-electron chi connectivity index (χ1n) is 11.0. The number of fused-ring (bicyclic) bond motifs is 1. The van der Waals surface area contributed by atoms with Crippen molar-refractivity contribution in [2.45, 2.75) is 81.5 Å². The summed E-state index contributed by atoms with van der Waals surface area (Å²) in [5.74, 6) is -0.735. The molecule has 3 fully saturated rings. The highest BCUT2D eigenvalue weighted by atomic mass is 32.2. The Bertz CT molecular complexity index is 689. The number of hydroxylamine groups is 2. The van der Waals surface area contributed by atoms with Gasteiger partial charge in [0.05, 0.1) is 12.1 Å². The normalized spacial score (nSPS) is 23.8. The molecule has 11 nitrogen and oxygen atoms in total. The van der Waals surface area contributed by atoms with Crippen LogP contribution in [0.25, 0.3) is 0 Å². The zero-order valence-electron chi connectivity index (χ0n) is 18.0. The summed E-state index contributed by atoms with van der Waals surface area (Å²) in [5, 5.41) is 26.3. The third kappa shape index (κ3) is 8.65. The van der Waals surface area contributed by atoms with E-state index in [9.17, 15) is 24.0 Å². The summed E-state index contributed by atoms with van der Waals surface area (Å²) in [6.07, 6.45) is 6.22. The SMILES string of the molecule is O=C(O)CCCCCNC(=O)CCCC[C@@H]1SC[C@@H]2NC(=O)N[C@@H]21.O=C1CCC(=O)N1O. The Hall–Kier alpha value is -2.34. The van der Waals surface area contributed by atoms with Gasteiger partial charge in [0.1, 0.15) is 0 Å². The van der Waals surface area contributed by atoms with E-state index in [2.05, 4.69) is 16.0 Å². The Morgan fingerprint density at radius 1 is 1.00 bits per heavy atom. The molecule has 3 aliphatic rings. The number of thioether (sulfide) groups is 1. The number of hydrogen-bond acceptors (Lipinski definition) is 7. The van der Waals surface area contributed by atoms with Crippen LogP contribution in [-0.4, -0.2) is 74.7 Å². The first-order chi connectivity index (χ1) is 15.3. The van der Waals surface area contributed by atoms with Crippen LogP contribution in [0.3, 0.4) is 0 Å². The lowest BCUT2D eigenvalue weighted by Crippen LogP contribution is -2.36. The minimum absolute atomic E-state index is 0.0574. The molecule has 5 N–H and O–H groups in total. The maximum absolute atomic E-state index is 11.7. The van der Waals surface area contributed by atoms with Gasteiger partial charge in [0.15, 0.2) is 0 Å². The molecular weight excluding hydrogens is 440 g/mol. The van der Waals surface area contributed by atoms with Crippen molar-refractivity contribution in [3.05, 3.63) is 0 Å². The van der Waals surface area contributed by atoms with Gasteiger partial charge in [0.25, 0.3) is 11.8 Å². The molecule has 3 rings (SSSR count). The highest BCUT2D eigenvalue weighted by Crippen LogP contribution is 2.33. The molecule has 180 valence electrons. The first-order valence-corrected chi connectivity index (χ1v) is 12.0. The van der Waals surface area contributed by atoms with Gasteiger partial charge in [-0.15, -0.1) is 0 Å². The average molecular weight is 473 g/mol. The number of unbranched alkanes of at least 4 members (excludes halogenated alkanes) is 3. The van der Waals surface area contributed by atoms with Crippen LogP contribution < -0.4 is 16.0 Å². The molecule has 0 bridgehead atoms. The fourth-order valence-corrected chi connectivity index (χ4v) is 5.28. The quantitative estimate of drug-likeness (QED) is 0.129. The predicted octanol–water partition coefficient (Wildman–Crippen LogP) is 0.998. The number of carboxylic acids is 1. The molecule has 32 heavy (non-hydrogen) atoms. The molecule has 3 atom stereocenters. The van der Waals surface area contributed by atoms with Gasteiger partial charge >= 0.3 is 12.0 Å². The Labute approximate surface area is 191 Å². The number of carbonyl (C=O) groups excluding carboxylic acids is 4. The predicted molar refractivity (Wildman–Crippen MR) is 116 cm³/mol. The summed E-state index contributed by atoms with van der Waals surface area (Å²) in [6.45, 7) is 0.623. The summed E-state index contributed by atoms with van der Waals surface area (Å²) < 4.78 is 0. The van der Waals surface area contributed by atoms with E-state index in [1.165, 1.54) is 0 Å². The second-order valence-electron chi connectivity index (χ2n) is 8.02. The van der Waals surface area contributed by atoms with E-state index in [0.717, 1.165) is 37.9 Å². The van der Waals surface area contributed by atoms with E-state index >= 15 is 0 Å². The highest BCUT2D eigenvalue weighted by Gasteiger charge is 2.42. The third-order valence-corrected chi connectivity index (χ3v) is 7.00. The summed E-state index contributed by atoms with van der Waals surface area (Å²) in [7, 11) is 0. The monoisotopic (exact) mass is 472 g/mol. The van der Waals surface area contributed by atoms with Crippen molar-refractivity contribution >= 4 is 41.5 Å². The number of imide groups is 1. The summed E-state index contributed by atoms with van der Waals surface area (Å²) in [6, 6.07) is 0.442. The van der Waals surface area contributed by atoms with Crippen molar-refractivity contribution in [2.24, 2.45) is 0 Å². The van der Waals surface area contributed by atoms with Crippen molar-refractivity contribution in [3.63, 3.8) is 0 Å². The molecule has 0 radical (unpaired) electrons. The Kier molecular flexibility index (Phi) is 10.7. The van der Waals surface area contributed by atoms with E-state index in [4.69, 9.17) is 10.3 Å². The summed E-state index contributed by atoms with van der Waals surface area (Å²) >= 11 is 1.90. The number of carbonyl (C=O) groups is 5. The average Bonchev–Trinajstić information content (AvgIpc) is 3.39. The van der Waals surface area contributed by atoms with Crippen LogP contribution in [0, 0.1) is 0 Å². The van der Waals surface area contributed by atoms with Crippen LogP contribution in [-0.2, 0) is 19.2 Å². The van der Waals surface area contributed by atoms with Gasteiger partial charge in [0, 0.05) is 43.2 Å². The Morgan fingerprint density at radius 3 is 2.31 bits per heavy atom. The van der Waals surface area contributed by atoms with Gasteiger partial charge in [0.2, 0.25) is 5.91 Å². The van der Waals surface area contributed by atoms with Gasteiger partial charge in [-0.2, -0.15) is 16.8 Å². The lowest BCUT2D eigenvalue weighted by Gasteiger charge is -2.16. The van der Waals surface area contributed by atoms with Gasteiger partial charge in [-0.25, -0.2) is 4.79 Å². The van der Waals surface area contributed by atoms with Crippen LogP contribution in [0.1, 0.15) is 64.2 Å². The standard InChI is InChI=1S/C16H27N3O4S.C4H5NO3/c20-13(17-9-5-1-2-8-14(21)22)7-4-3-6-12-15-11(10-24-12)18-16(23)19-15;6-3-1-2-4(7)5(3)8/h11-12,15H,1-10H2,(H,17,20)(H,21,22)(H2,18,19,23);8H,1-2H2/t11-,12-,15-;/m0./s1. The van der Waals surface area contributed by atoms with Gasteiger partial charge in [-0.05, 0) is 25.7 Å². The highest BCUT2D eigenvalue weighted by molar-refractivity contribution is 8.00. The molecule has 5 amide bonds. The Morgan fingerprint density at radius 2 is 1.69 bits per heavy atom. The molecule has 0 spiro atoms. The molecular formula is C20H32N4O7S. The molecule has 12 heteroatoms. The van der Waals surface area contributed by atoms with Crippen LogP contribution in [0.5, 0.6) is 0 Å². The zero-order valence-corrected chi connectivity index (χ0v) is 18.8. The molecule has 3 aliphatic heterocycles.